The van der Waals surface area contributed by atoms with Crippen molar-refractivity contribution in [1.29, 1.82) is 0 Å². The number of nitrogens with one attached hydrogen (secondary N) is 1. The van der Waals surface area contributed by atoms with Crippen LogP contribution in [-0.2, 0) is 0 Å². The Bertz CT molecular complexity index is 303. The minimum absolute atomic E-state index is 0.418. The highest BCUT2D eigenvalue weighted by atomic mass is 15.1. The Morgan fingerprint density at radius 1 is 1.12 bits per heavy atom. The first-order chi connectivity index (χ1) is 7.54. The monoisotopic (exact) mass is 220 g/mol. The number of hydrogen-bond donors (Lipinski definition) is 1. The second-order valence-corrected chi connectivity index (χ2v) is 4.65. The molecule has 1 rings (SSSR count). The molecule has 1 N–H and O–H groups in total. The van der Waals surface area contributed by atoms with Crippen LogP contribution >= 0.6 is 0 Å². The molecule has 0 aromatic heterocycles. The van der Waals surface area contributed by atoms with Gasteiger partial charge in [0.05, 0.1) is 0 Å². The summed E-state index contributed by atoms with van der Waals surface area (Å²) < 4.78 is 0. The van der Waals surface area contributed by atoms with E-state index in [1.54, 1.807) is 0 Å². The number of hydrogen-bond acceptors (Lipinski definition) is 2. The highest BCUT2D eigenvalue weighted by Gasteiger charge is 2.06. The minimum atomic E-state index is 0.418. The highest BCUT2D eigenvalue weighted by Crippen LogP contribution is 2.18. The molecule has 0 amide bonds. The van der Waals surface area contributed by atoms with Crippen LogP contribution in [0.15, 0.2) is 24.3 Å². The zero-order valence-corrected chi connectivity index (χ0v) is 11.1. The van der Waals surface area contributed by atoms with Gasteiger partial charge in [0.25, 0.3) is 0 Å². The molecule has 16 heavy (non-hydrogen) atoms. The van der Waals surface area contributed by atoms with Crippen LogP contribution in [0.25, 0.3) is 0 Å². The Morgan fingerprint density at radius 3 is 2.12 bits per heavy atom. The first-order valence-corrected chi connectivity index (χ1v) is 6.11. The van der Waals surface area contributed by atoms with Gasteiger partial charge in [-0.05, 0) is 31.5 Å². The molecule has 0 radical (unpaired) electrons. The standard InChI is InChI=1S/C14H24N2/c1-6-16(5)14-9-7-13(8-10-14)12(4)15-11(2)3/h7-12,15H,6H2,1-5H3. The smallest absolute Gasteiger partial charge is 0.0363 e. The molecule has 0 aliphatic rings. The average molecular weight is 220 g/mol. The molecular weight excluding hydrogens is 196 g/mol. The molecule has 2 nitrogen and oxygen atoms in total. The van der Waals surface area contributed by atoms with Crippen LogP contribution in [0, 0.1) is 0 Å². The van der Waals surface area contributed by atoms with E-state index in [0.29, 0.717) is 12.1 Å². The second kappa shape index (κ2) is 5.90. The van der Waals surface area contributed by atoms with Crippen LogP contribution in [0.3, 0.4) is 0 Å². The van der Waals surface area contributed by atoms with Gasteiger partial charge in [-0.1, -0.05) is 26.0 Å². The Balaban J connectivity index is 2.70. The van der Waals surface area contributed by atoms with Crippen molar-refractivity contribution in [2.24, 2.45) is 0 Å². The summed E-state index contributed by atoms with van der Waals surface area (Å²) in [6, 6.07) is 9.74. The van der Waals surface area contributed by atoms with Crippen LogP contribution in [0.1, 0.15) is 39.3 Å². The van der Waals surface area contributed by atoms with Crippen LogP contribution in [0.4, 0.5) is 5.69 Å². The van der Waals surface area contributed by atoms with Crippen molar-refractivity contribution in [3.8, 4) is 0 Å². The van der Waals surface area contributed by atoms with Gasteiger partial charge in [-0.25, -0.2) is 0 Å². The van der Waals surface area contributed by atoms with Gasteiger partial charge in [-0.15, -0.1) is 0 Å². The lowest BCUT2D eigenvalue weighted by molar-refractivity contribution is 0.506. The van der Waals surface area contributed by atoms with Crippen molar-refractivity contribution < 1.29 is 0 Å². The van der Waals surface area contributed by atoms with Crippen LogP contribution in [-0.4, -0.2) is 19.6 Å². The van der Waals surface area contributed by atoms with Crippen molar-refractivity contribution >= 4 is 5.69 Å². The third-order valence-electron chi connectivity index (χ3n) is 2.89. The average Bonchev–Trinajstić information content (AvgIpc) is 2.27. The molecule has 0 saturated heterocycles. The largest absolute Gasteiger partial charge is 0.375 e. The molecule has 0 heterocycles. The number of rotatable bonds is 5. The Morgan fingerprint density at radius 2 is 1.69 bits per heavy atom. The lowest BCUT2D eigenvalue weighted by Gasteiger charge is -2.20. The normalized spacial score (nSPS) is 12.9. The Kier molecular flexibility index (Phi) is 4.81. The minimum Gasteiger partial charge on any atom is -0.375 e. The summed E-state index contributed by atoms with van der Waals surface area (Å²) in [5, 5.41) is 3.51. The van der Waals surface area contributed by atoms with Gasteiger partial charge >= 0.3 is 0 Å². The predicted molar refractivity (Wildman–Crippen MR) is 72.1 cm³/mol. The van der Waals surface area contributed by atoms with Gasteiger partial charge in [-0.3, -0.25) is 0 Å². The SMILES string of the molecule is CCN(C)c1ccc(C(C)NC(C)C)cc1. The summed E-state index contributed by atoms with van der Waals surface area (Å²) in [5.74, 6) is 0. The maximum absolute atomic E-state index is 3.51. The van der Waals surface area contributed by atoms with E-state index in [-0.39, 0.29) is 0 Å². The molecule has 1 aromatic rings. The van der Waals surface area contributed by atoms with Gasteiger partial charge in [0.1, 0.15) is 0 Å². The van der Waals surface area contributed by atoms with Crippen molar-refractivity contribution in [3.63, 3.8) is 0 Å². The van der Waals surface area contributed by atoms with E-state index in [2.05, 4.69) is 69.2 Å². The van der Waals surface area contributed by atoms with Gasteiger partial charge < -0.3 is 10.2 Å². The van der Waals surface area contributed by atoms with Crippen molar-refractivity contribution in [3.05, 3.63) is 29.8 Å². The molecule has 0 saturated carbocycles. The fourth-order valence-corrected chi connectivity index (χ4v) is 1.80. The van der Waals surface area contributed by atoms with E-state index in [0.717, 1.165) is 6.54 Å². The third-order valence-corrected chi connectivity index (χ3v) is 2.89. The molecule has 90 valence electrons. The van der Waals surface area contributed by atoms with Crippen LogP contribution in [0.5, 0.6) is 0 Å². The molecule has 0 spiro atoms. The van der Waals surface area contributed by atoms with E-state index in [1.165, 1.54) is 11.3 Å². The number of anilines is 1. The van der Waals surface area contributed by atoms with E-state index >= 15 is 0 Å². The topological polar surface area (TPSA) is 15.3 Å². The Hall–Kier alpha value is -1.02. The molecule has 0 aliphatic carbocycles. The molecule has 1 atom stereocenters. The molecule has 0 aliphatic heterocycles. The van der Waals surface area contributed by atoms with Crippen molar-refractivity contribution in [2.75, 3.05) is 18.5 Å². The molecule has 0 bridgehead atoms. The lowest BCUT2D eigenvalue weighted by Crippen LogP contribution is -2.26. The zero-order chi connectivity index (χ0) is 12.1. The maximum atomic E-state index is 3.51. The molecule has 1 aromatic carbocycles. The van der Waals surface area contributed by atoms with E-state index in [4.69, 9.17) is 0 Å². The van der Waals surface area contributed by atoms with Gasteiger partial charge in [0.15, 0.2) is 0 Å². The van der Waals surface area contributed by atoms with E-state index < -0.39 is 0 Å². The summed E-state index contributed by atoms with van der Waals surface area (Å²) >= 11 is 0. The van der Waals surface area contributed by atoms with E-state index in [1.807, 2.05) is 0 Å². The fourth-order valence-electron chi connectivity index (χ4n) is 1.80. The van der Waals surface area contributed by atoms with Crippen LogP contribution in [0.2, 0.25) is 0 Å². The summed E-state index contributed by atoms with van der Waals surface area (Å²) in [6.07, 6.45) is 0. The number of benzene rings is 1. The first-order valence-electron chi connectivity index (χ1n) is 6.11. The summed E-state index contributed by atoms with van der Waals surface area (Å²) in [7, 11) is 2.12. The first kappa shape index (κ1) is 13.0. The zero-order valence-electron chi connectivity index (χ0n) is 11.1. The second-order valence-electron chi connectivity index (χ2n) is 4.65. The summed E-state index contributed by atoms with van der Waals surface area (Å²) in [6.45, 7) is 9.76. The summed E-state index contributed by atoms with van der Waals surface area (Å²) in [5.41, 5.74) is 2.63. The molecule has 2 heteroatoms. The molecule has 0 fully saturated rings. The predicted octanol–water partition coefficient (Wildman–Crippen LogP) is 3.20. The van der Waals surface area contributed by atoms with E-state index in [9.17, 15) is 0 Å². The Labute approximate surface area is 99.7 Å². The maximum Gasteiger partial charge on any atom is 0.0363 e. The quantitative estimate of drug-likeness (QED) is 0.819. The highest BCUT2D eigenvalue weighted by molar-refractivity contribution is 5.47. The van der Waals surface area contributed by atoms with Crippen LogP contribution < -0.4 is 10.2 Å². The van der Waals surface area contributed by atoms with Crippen molar-refractivity contribution in [1.82, 2.24) is 5.32 Å². The van der Waals surface area contributed by atoms with Gasteiger partial charge in [0, 0.05) is 31.4 Å². The summed E-state index contributed by atoms with van der Waals surface area (Å²) in [4.78, 5) is 2.24. The van der Waals surface area contributed by atoms with Crippen molar-refractivity contribution in [2.45, 2.75) is 39.8 Å². The number of nitrogens with zero attached hydrogens (tertiary/aromatic N) is 1. The van der Waals surface area contributed by atoms with Gasteiger partial charge in [0.2, 0.25) is 0 Å². The lowest BCUT2D eigenvalue weighted by atomic mass is 10.1. The molecule has 1 unspecified atom stereocenters. The molecular formula is C14H24N2. The third kappa shape index (κ3) is 3.53. The van der Waals surface area contributed by atoms with Gasteiger partial charge in [-0.2, -0.15) is 0 Å². The fraction of sp³-hybridized carbons (Fsp3) is 0.571.